The van der Waals surface area contributed by atoms with Crippen LogP contribution in [0.3, 0.4) is 0 Å². The second-order valence-electron chi connectivity index (χ2n) is 8.13. The van der Waals surface area contributed by atoms with E-state index in [-0.39, 0.29) is 6.04 Å². The van der Waals surface area contributed by atoms with Crippen LogP contribution in [-0.2, 0) is 0 Å². The van der Waals surface area contributed by atoms with Crippen molar-refractivity contribution in [2.75, 3.05) is 5.32 Å². The molecular formula is C26H24ClN5. The first-order chi connectivity index (χ1) is 15.6. The maximum absolute atomic E-state index is 6.25. The van der Waals surface area contributed by atoms with Gasteiger partial charge in [0, 0.05) is 23.0 Å². The van der Waals surface area contributed by atoms with Crippen LogP contribution in [0.2, 0.25) is 0 Å². The molecule has 3 aliphatic rings. The van der Waals surface area contributed by atoms with Gasteiger partial charge < -0.3 is 9.88 Å². The van der Waals surface area contributed by atoms with Crippen molar-refractivity contribution in [3.8, 4) is 11.4 Å². The fraction of sp³-hybridized carbons (Fsp3) is 0.192. The van der Waals surface area contributed by atoms with Crippen LogP contribution in [0, 0.1) is 0 Å². The van der Waals surface area contributed by atoms with Crippen LogP contribution in [0.15, 0.2) is 83.0 Å². The van der Waals surface area contributed by atoms with Gasteiger partial charge in [0.15, 0.2) is 0 Å². The van der Waals surface area contributed by atoms with Crippen LogP contribution in [0.1, 0.15) is 26.7 Å². The summed E-state index contributed by atoms with van der Waals surface area (Å²) < 4.78 is 2.29. The fourth-order valence-electron chi connectivity index (χ4n) is 4.00. The summed E-state index contributed by atoms with van der Waals surface area (Å²) in [5.74, 6) is 0.774. The van der Waals surface area contributed by atoms with Crippen LogP contribution in [0.4, 0.5) is 11.5 Å². The van der Waals surface area contributed by atoms with E-state index in [0.717, 1.165) is 57.2 Å². The van der Waals surface area contributed by atoms with E-state index in [1.807, 2.05) is 30.3 Å². The Bertz CT molecular complexity index is 1380. The molecule has 1 N–H and O–H groups in total. The van der Waals surface area contributed by atoms with Gasteiger partial charge in [-0.1, -0.05) is 29.8 Å². The van der Waals surface area contributed by atoms with Crippen molar-refractivity contribution in [2.45, 2.75) is 32.7 Å². The summed E-state index contributed by atoms with van der Waals surface area (Å²) in [6, 6.07) is 18.4. The van der Waals surface area contributed by atoms with Crippen LogP contribution < -0.4 is 10.7 Å². The zero-order valence-corrected chi connectivity index (χ0v) is 18.8. The summed E-state index contributed by atoms with van der Waals surface area (Å²) in [5, 5.41) is 5.19. The lowest BCUT2D eigenvalue weighted by molar-refractivity contribution is 0.805. The van der Waals surface area contributed by atoms with E-state index < -0.39 is 0 Å². The summed E-state index contributed by atoms with van der Waals surface area (Å²) in [5.41, 5.74) is 6.01. The number of hydrogen-bond donors (Lipinski definition) is 1. The number of aromatic nitrogens is 3. The Kier molecular flexibility index (Phi) is 5.50. The van der Waals surface area contributed by atoms with Crippen LogP contribution in [-0.4, -0.2) is 20.6 Å². The second-order valence-corrected chi connectivity index (χ2v) is 8.61. The maximum atomic E-state index is 6.25. The summed E-state index contributed by atoms with van der Waals surface area (Å²) in [6.45, 7) is 4.16. The van der Waals surface area contributed by atoms with E-state index in [2.05, 4.69) is 65.1 Å². The number of rotatable bonds is 4. The van der Waals surface area contributed by atoms with Crippen LogP contribution in [0.5, 0.6) is 0 Å². The third kappa shape index (κ3) is 4.04. The molecule has 1 aromatic carbocycles. The van der Waals surface area contributed by atoms with E-state index in [0.29, 0.717) is 0 Å². The quantitative estimate of drug-likeness (QED) is 0.375. The molecule has 0 amide bonds. The van der Waals surface area contributed by atoms with Crippen molar-refractivity contribution >= 4 is 39.8 Å². The molecule has 2 aromatic rings. The lowest BCUT2D eigenvalue weighted by Crippen LogP contribution is -2.17. The van der Waals surface area contributed by atoms with Gasteiger partial charge in [-0.2, -0.15) is 0 Å². The summed E-state index contributed by atoms with van der Waals surface area (Å²) >= 11 is 6.25. The number of nitrogens with one attached hydrogen (secondary N) is 1. The summed E-state index contributed by atoms with van der Waals surface area (Å²) in [4.78, 5) is 14.3. The highest BCUT2D eigenvalue weighted by Crippen LogP contribution is 2.33. The molecule has 0 unspecified atom stereocenters. The number of para-hydroxylation sites is 2. The molecule has 0 bridgehead atoms. The first kappa shape index (κ1) is 20.5. The van der Waals surface area contributed by atoms with Gasteiger partial charge >= 0.3 is 0 Å². The topological polar surface area (TPSA) is 55.1 Å². The molecule has 1 aromatic heterocycles. The average molecular weight is 442 g/mol. The predicted molar refractivity (Wildman–Crippen MR) is 132 cm³/mol. The van der Waals surface area contributed by atoms with Crippen molar-refractivity contribution in [1.82, 2.24) is 14.5 Å². The third-order valence-electron chi connectivity index (χ3n) is 5.39. The molecule has 5 rings (SSSR count). The van der Waals surface area contributed by atoms with Crippen molar-refractivity contribution in [3.05, 3.63) is 83.3 Å². The predicted octanol–water partition coefficient (Wildman–Crippen LogP) is 6.35. The SMILES string of the molecule is CC(C)N=c1cc2n(C3=CC=C(Cl)CC3)c3ccccc3nc-2cc1Nc1ccccn1. The van der Waals surface area contributed by atoms with Gasteiger partial charge in [-0.25, -0.2) is 9.97 Å². The summed E-state index contributed by atoms with van der Waals surface area (Å²) in [7, 11) is 0. The Morgan fingerprint density at radius 2 is 1.88 bits per heavy atom. The largest absolute Gasteiger partial charge is 0.338 e. The normalized spacial score (nSPS) is 14.7. The smallest absolute Gasteiger partial charge is 0.130 e. The highest BCUT2D eigenvalue weighted by molar-refractivity contribution is 6.29. The zero-order chi connectivity index (χ0) is 22.1. The molecule has 0 saturated heterocycles. The Balaban J connectivity index is 1.80. The highest BCUT2D eigenvalue weighted by atomic mass is 35.5. The highest BCUT2D eigenvalue weighted by Gasteiger charge is 2.19. The molecule has 32 heavy (non-hydrogen) atoms. The minimum Gasteiger partial charge on any atom is -0.338 e. The Labute approximate surface area is 192 Å². The number of fused-ring (bicyclic) bond motifs is 2. The van der Waals surface area contributed by atoms with E-state index >= 15 is 0 Å². The number of anilines is 2. The molecule has 160 valence electrons. The third-order valence-corrected chi connectivity index (χ3v) is 5.70. The van der Waals surface area contributed by atoms with Gasteiger partial charge in [-0.05, 0) is 75.2 Å². The molecule has 1 aliphatic heterocycles. The summed E-state index contributed by atoms with van der Waals surface area (Å²) in [6.07, 6.45) is 7.58. The Morgan fingerprint density at radius 1 is 1.03 bits per heavy atom. The van der Waals surface area contributed by atoms with E-state index in [4.69, 9.17) is 21.6 Å². The average Bonchev–Trinajstić information content (AvgIpc) is 2.79. The van der Waals surface area contributed by atoms with E-state index in [1.165, 1.54) is 5.70 Å². The molecule has 0 atom stereocenters. The van der Waals surface area contributed by atoms with E-state index in [9.17, 15) is 0 Å². The van der Waals surface area contributed by atoms with Gasteiger partial charge in [-0.3, -0.25) is 4.99 Å². The van der Waals surface area contributed by atoms with Crippen molar-refractivity contribution in [2.24, 2.45) is 4.99 Å². The molecule has 6 heteroatoms. The monoisotopic (exact) mass is 441 g/mol. The Morgan fingerprint density at radius 3 is 2.62 bits per heavy atom. The molecule has 0 spiro atoms. The van der Waals surface area contributed by atoms with Gasteiger partial charge in [-0.15, -0.1) is 0 Å². The van der Waals surface area contributed by atoms with Crippen LogP contribution in [0.25, 0.3) is 28.1 Å². The number of halogens is 1. The van der Waals surface area contributed by atoms with Gasteiger partial charge in [0.25, 0.3) is 0 Å². The van der Waals surface area contributed by atoms with Gasteiger partial charge in [0.1, 0.15) is 5.82 Å². The molecular weight excluding hydrogens is 418 g/mol. The standard InChI is InChI=1S/C26H24ClN5/c1-17(2)29-22-16-25-23(15-21(22)31-26-9-5-6-14-28-26)30-20-7-3-4-8-24(20)32(25)19-12-10-18(27)11-13-19/h3-10,12,14-17H,11,13H2,1-2H3,(H,28,31). The molecule has 2 aliphatic carbocycles. The van der Waals surface area contributed by atoms with Gasteiger partial charge in [0.2, 0.25) is 0 Å². The Hall–Kier alpha value is -3.44. The lowest BCUT2D eigenvalue weighted by Gasteiger charge is -2.23. The second kappa shape index (κ2) is 8.60. The molecule has 0 fully saturated rings. The number of nitrogens with zero attached hydrogens (tertiary/aromatic N) is 4. The molecule has 0 saturated carbocycles. The first-order valence-corrected chi connectivity index (χ1v) is 11.2. The van der Waals surface area contributed by atoms with Gasteiger partial charge in [0.05, 0.1) is 33.5 Å². The number of allylic oxidation sites excluding steroid dienone is 4. The number of hydrogen-bond acceptors (Lipinski definition) is 4. The molecule has 0 radical (unpaired) electrons. The first-order valence-electron chi connectivity index (χ1n) is 10.8. The minimum atomic E-state index is 0.147. The van der Waals surface area contributed by atoms with Crippen LogP contribution >= 0.6 is 11.6 Å². The minimum absolute atomic E-state index is 0.147. The fourth-order valence-corrected chi connectivity index (χ4v) is 4.16. The zero-order valence-electron chi connectivity index (χ0n) is 18.1. The van der Waals surface area contributed by atoms with Crippen molar-refractivity contribution < 1.29 is 0 Å². The van der Waals surface area contributed by atoms with Crippen molar-refractivity contribution in [3.63, 3.8) is 0 Å². The van der Waals surface area contributed by atoms with E-state index in [1.54, 1.807) is 6.20 Å². The number of pyridine rings is 1. The lowest BCUT2D eigenvalue weighted by atomic mass is 10.1. The maximum Gasteiger partial charge on any atom is 0.130 e. The molecule has 2 heterocycles. The molecule has 5 nitrogen and oxygen atoms in total. The number of benzene rings is 2. The van der Waals surface area contributed by atoms with Crippen molar-refractivity contribution in [1.29, 1.82) is 0 Å².